The van der Waals surface area contributed by atoms with Gasteiger partial charge in [-0.15, -0.1) is 0 Å². The van der Waals surface area contributed by atoms with Gasteiger partial charge < -0.3 is 15.2 Å². The van der Waals surface area contributed by atoms with E-state index in [0.717, 1.165) is 36.4 Å². The molecule has 0 radical (unpaired) electrons. The molecule has 0 saturated carbocycles. The Morgan fingerprint density at radius 1 is 1.14 bits per heavy atom. The molecule has 2 aromatic carbocycles. The number of urea groups is 1. The lowest BCUT2D eigenvalue weighted by atomic mass is 9.92. The van der Waals surface area contributed by atoms with E-state index in [9.17, 15) is 31.9 Å². The average molecular weight is 489 g/mol. The summed E-state index contributed by atoms with van der Waals surface area (Å²) in [6.45, 7) is 1.27. The molecule has 35 heavy (non-hydrogen) atoms. The van der Waals surface area contributed by atoms with Crippen LogP contribution in [0.2, 0.25) is 0 Å². The highest BCUT2D eigenvalue weighted by molar-refractivity contribution is 6.08. The van der Waals surface area contributed by atoms with E-state index in [2.05, 4.69) is 20.9 Å². The van der Waals surface area contributed by atoms with E-state index in [4.69, 9.17) is 0 Å². The van der Waals surface area contributed by atoms with E-state index in [-0.39, 0.29) is 23.2 Å². The number of hydrogen-bond donors (Lipinski definition) is 3. The summed E-state index contributed by atoms with van der Waals surface area (Å²) in [7, 11) is 1.62. The van der Waals surface area contributed by atoms with Gasteiger partial charge in [0.2, 0.25) is 0 Å². The maximum atomic E-state index is 14.0. The number of halogens is 4. The van der Waals surface area contributed by atoms with E-state index in [0.29, 0.717) is 11.4 Å². The Labute approximate surface area is 196 Å². The maximum absolute atomic E-state index is 14.0. The van der Waals surface area contributed by atoms with Gasteiger partial charge in [-0.2, -0.15) is 13.2 Å². The molecule has 4 rings (SSSR count). The Morgan fingerprint density at radius 3 is 2.37 bits per heavy atom. The lowest BCUT2D eigenvalue weighted by Gasteiger charge is -2.27. The van der Waals surface area contributed by atoms with E-state index >= 15 is 0 Å². The van der Waals surface area contributed by atoms with Crippen molar-refractivity contribution >= 4 is 17.8 Å². The summed E-state index contributed by atoms with van der Waals surface area (Å²) >= 11 is 0. The molecule has 1 saturated heterocycles. The minimum atomic E-state index is -4.55. The first kappa shape index (κ1) is 23.9. The third-order valence-electron chi connectivity index (χ3n) is 5.73. The van der Waals surface area contributed by atoms with Crippen LogP contribution in [0.25, 0.3) is 11.1 Å². The number of nitrogens with one attached hydrogen (secondary N) is 3. The Hall–Kier alpha value is -4.22. The number of benzene rings is 2. The first-order chi connectivity index (χ1) is 16.4. The first-order valence-corrected chi connectivity index (χ1v) is 10.3. The van der Waals surface area contributed by atoms with Gasteiger partial charge in [0.15, 0.2) is 5.54 Å². The lowest BCUT2D eigenvalue weighted by Crippen LogP contribution is -2.54. The number of aromatic nitrogens is 2. The fourth-order valence-corrected chi connectivity index (χ4v) is 4.12. The number of alkyl halides is 3. The minimum Gasteiger partial charge on any atom is -0.349 e. The van der Waals surface area contributed by atoms with Gasteiger partial charge in [-0.3, -0.25) is 14.9 Å². The van der Waals surface area contributed by atoms with Crippen LogP contribution in [-0.4, -0.2) is 33.9 Å². The van der Waals surface area contributed by atoms with E-state index in [1.54, 1.807) is 14.0 Å². The molecule has 12 heteroatoms. The lowest BCUT2D eigenvalue weighted by molar-refractivity contribution is -0.137. The highest BCUT2D eigenvalue weighted by Crippen LogP contribution is 2.32. The second kappa shape index (κ2) is 8.53. The van der Waals surface area contributed by atoms with Gasteiger partial charge in [0.05, 0.1) is 29.8 Å². The fraction of sp³-hybridized carbons (Fsp3) is 0.217. The number of nitrogens with zero attached hydrogens (tertiary/aromatic N) is 2. The van der Waals surface area contributed by atoms with Crippen LogP contribution in [0.5, 0.6) is 0 Å². The maximum Gasteiger partial charge on any atom is 0.416 e. The standard InChI is InChI=1S/C23H19F4N5O3/c1-12-18(32(2)11-29-12)22(20(34)30-21(35)31-22)10-28-19(33)16-8-7-15(24)9-17(16)13-3-5-14(6-4-13)23(25,26)27/h3-9,11H,10H2,1-2H3,(H,28,33)(H2,30,31,34,35). The second-order valence-electron chi connectivity index (χ2n) is 8.05. The summed E-state index contributed by atoms with van der Waals surface area (Å²) in [6.07, 6.45) is -3.10. The summed E-state index contributed by atoms with van der Waals surface area (Å²) in [5.74, 6) is -2.12. The normalized spacial score (nSPS) is 17.8. The molecule has 1 aliphatic rings. The Morgan fingerprint density at radius 2 is 1.83 bits per heavy atom. The Balaban J connectivity index is 1.67. The van der Waals surface area contributed by atoms with Gasteiger partial charge in [0, 0.05) is 12.6 Å². The van der Waals surface area contributed by atoms with Gasteiger partial charge in [0.25, 0.3) is 11.8 Å². The number of imidazole rings is 1. The second-order valence-corrected chi connectivity index (χ2v) is 8.05. The number of carbonyl (C=O) groups excluding carboxylic acids is 3. The molecule has 2 heterocycles. The third-order valence-corrected chi connectivity index (χ3v) is 5.73. The molecule has 1 aliphatic heterocycles. The topological polar surface area (TPSA) is 105 Å². The summed E-state index contributed by atoms with van der Waals surface area (Å²) < 4.78 is 54.3. The number of hydrogen-bond acceptors (Lipinski definition) is 4. The molecule has 3 N–H and O–H groups in total. The Kier molecular flexibility index (Phi) is 5.83. The number of carbonyl (C=O) groups is 3. The highest BCUT2D eigenvalue weighted by atomic mass is 19.4. The number of aryl methyl sites for hydroxylation is 2. The van der Waals surface area contributed by atoms with Crippen LogP contribution in [-0.2, 0) is 23.6 Å². The van der Waals surface area contributed by atoms with Gasteiger partial charge >= 0.3 is 12.2 Å². The van der Waals surface area contributed by atoms with Gasteiger partial charge in [-0.1, -0.05) is 12.1 Å². The van der Waals surface area contributed by atoms with Crippen LogP contribution in [0.15, 0.2) is 48.8 Å². The van der Waals surface area contributed by atoms with Crippen molar-refractivity contribution in [3.8, 4) is 11.1 Å². The van der Waals surface area contributed by atoms with E-state index in [1.165, 1.54) is 17.0 Å². The quantitative estimate of drug-likeness (QED) is 0.379. The Bertz CT molecular complexity index is 1310. The smallest absolute Gasteiger partial charge is 0.349 e. The van der Waals surface area contributed by atoms with Crippen molar-refractivity contribution in [2.24, 2.45) is 7.05 Å². The van der Waals surface area contributed by atoms with Crippen molar-refractivity contribution in [2.45, 2.75) is 18.6 Å². The van der Waals surface area contributed by atoms with Crippen molar-refractivity contribution in [1.82, 2.24) is 25.5 Å². The van der Waals surface area contributed by atoms with Gasteiger partial charge in [0.1, 0.15) is 5.82 Å². The zero-order valence-electron chi connectivity index (χ0n) is 18.5. The molecule has 0 aliphatic carbocycles. The SMILES string of the molecule is Cc1ncn(C)c1C1(CNC(=O)c2ccc(F)cc2-c2ccc(C(F)(F)F)cc2)NC(=O)NC1=O. The molecule has 4 amide bonds. The fourth-order valence-electron chi connectivity index (χ4n) is 4.12. The predicted octanol–water partition coefficient (Wildman–Crippen LogP) is 3.02. The van der Waals surface area contributed by atoms with Crippen LogP contribution in [0.1, 0.15) is 27.3 Å². The third kappa shape index (κ3) is 4.34. The molecule has 3 aromatic rings. The highest BCUT2D eigenvalue weighted by Gasteiger charge is 2.50. The molecule has 1 fully saturated rings. The van der Waals surface area contributed by atoms with Crippen LogP contribution in [0, 0.1) is 12.7 Å². The molecular weight excluding hydrogens is 470 g/mol. The summed E-state index contributed by atoms with van der Waals surface area (Å²) in [4.78, 5) is 42.0. The van der Waals surface area contributed by atoms with Crippen molar-refractivity contribution in [3.05, 3.63) is 77.1 Å². The van der Waals surface area contributed by atoms with Crippen LogP contribution in [0.4, 0.5) is 22.4 Å². The van der Waals surface area contributed by atoms with Gasteiger partial charge in [-0.05, 0) is 48.4 Å². The average Bonchev–Trinajstić information content (AvgIpc) is 3.28. The predicted molar refractivity (Wildman–Crippen MR) is 115 cm³/mol. The minimum absolute atomic E-state index is 0.0345. The number of rotatable bonds is 5. The van der Waals surface area contributed by atoms with Crippen molar-refractivity contribution in [2.75, 3.05) is 6.54 Å². The van der Waals surface area contributed by atoms with Crippen molar-refractivity contribution in [3.63, 3.8) is 0 Å². The summed E-state index contributed by atoms with van der Waals surface area (Å²) in [5.41, 5.74) is -1.53. The molecule has 0 bridgehead atoms. The zero-order valence-corrected chi connectivity index (χ0v) is 18.5. The monoisotopic (exact) mass is 489 g/mol. The van der Waals surface area contributed by atoms with Crippen molar-refractivity contribution < 1.29 is 31.9 Å². The van der Waals surface area contributed by atoms with Crippen LogP contribution >= 0.6 is 0 Å². The molecule has 0 spiro atoms. The van der Waals surface area contributed by atoms with Gasteiger partial charge in [-0.25, -0.2) is 14.2 Å². The number of amides is 4. The molecule has 1 atom stereocenters. The van der Waals surface area contributed by atoms with E-state index in [1.807, 2.05) is 0 Å². The van der Waals surface area contributed by atoms with Crippen LogP contribution < -0.4 is 16.0 Å². The summed E-state index contributed by atoms with van der Waals surface area (Å²) in [6, 6.07) is 6.44. The molecule has 182 valence electrons. The van der Waals surface area contributed by atoms with E-state index < -0.39 is 40.9 Å². The van der Waals surface area contributed by atoms with Crippen LogP contribution in [0.3, 0.4) is 0 Å². The molecule has 1 aromatic heterocycles. The number of imide groups is 1. The largest absolute Gasteiger partial charge is 0.416 e. The summed E-state index contributed by atoms with van der Waals surface area (Å²) in [5, 5.41) is 7.28. The molecule has 8 nitrogen and oxygen atoms in total. The van der Waals surface area contributed by atoms with Crippen molar-refractivity contribution in [1.29, 1.82) is 0 Å². The first-order valence-electron chi connectivity index (χ1n) is 10.3. The zero-order chi connectivity index (χ0) is 25.5. The molecule has 1 unspecified atom stereocenters. The molecular formula is C23H19F4N5O3.